The Hall–Kier alpha value is -2.37. The summed E-state index contributed by atoms with van der Waals surface area (Å²) in [7, 11) is 0. The van der Waals surface area contributed by atoms with Gasteiger partial charge in [-0.3, -0.25) is 4.79 Å². The molecule has 2 aromatic carbocycles. The van der Waals surface area contributed by atoms with Crippen molar-refractivity contribution in [3.63, 3.8) is 0 Å². The molecule has 1 saturated heterocycles. The van der Waals surface area contributed by atoms with Crippen molar-refractivity contribution in [3.8, 4) is 11.1 Å². The molecule has 0 amide bonds. The van der Waals surface area contributed by atoms with Crippen molar-refractivity contribution < 1.29 is 15.0 Å². The lowest BCUT2D eigenvalue weighted by Crippen LogP contribution is -2.58. The van der Waals surface area contributed by atoms with Crippen LogP contribution in [-0.4, -0.2) is 52.9 Å². The number of likely N-dealkylation sites (tertiary alicyclic amines) is 1. The number of nitrogens with one attached hydrogen (secondary N) is 1. The number of fused-ring (bicyclic) bond motifs is 1. The van der Waals surface area contributed by atoms with Gasteiger partial charge in [-0.25, -0.2) is 0 Å². The largest absolute Gasteiger partial charge is 0.481 e. The third-order valence-electron chi connectivity index (χ3n) is 8.84. The molecule has 2 aliphatic carbocycles. The minimum atomic E-state index is -0.757. The quantitative estimate of drug-likeness (QED) is 0.634. The second-order valence-corrected chi connectivity index (χ2v) is 11.2. The summed E-state index contributed by atoms with van der Waals surface area (Å²) < 4.78 is 0. The van der Waals surface area contributed by atoms with Crippen LogP contribution in [0.1, 0.15) is 56.1 Å². The molecule has 0 atom stereocenters. The van der Waals surface area contributed by atoms with Gasteiger partial charge in [0.2, 0.25) is 0 Å². The number of aliphatic carboxylic acids is 1. The highest BCUT2D eigenvalue weighted by Crippen LogP contribution is 2.60. The Labute approximate surface area is 195 Å². The fourth-order valence-electron chi connectivity index (χ4n) is 6.59. The smallest absolute Gasteiger partial charge is 0.314 e. The number of piperidine rings is 1. The van der Waals surface area contributed by atoms with Gasteiger partial charge in [-0.05, 0) is 98.2 Å². The van der Waals surface area contributed by atoms with Crippen molar-refractivity contribution >= 4 is 11.7 Å². The highest BCUT2D eigenvalue weighted by atomic mass is 16.4. The number of carboxylic acid groups (broad SMARTS) is 1. The van der Waals surface area contributed by atoms with E-state index in [1.165, 1.54) is 23.2 Å². The molecule has 2 aliphatic heterocycles. The summed E-state index contributed by atoms with van der Waals surface area (Å²) in [5.74, 6) is -0.687. The Bertz CT molecular complexity index is 1060. The molecule has 33 heavy (non-hydrogen) atoms. The van der Waals surface area contributed by atoms with Crippen LogP contribution in [0.4, 0.5) is 5.69 Å². The number of benzene rings is 2. The van der Waals surface area contributed by atoms with Crippen LogP contribution in [0.5, 0.6) is 0 Å². The summed E-state index contributed by atoms with van der Waals surface area (Å²) in [6.07, 6.45) is 7.70. The summed E-state index contributed by atoms with van der Waals surface area (Å²) in [6, 6.07) is 14.9. The summed E-state index contributed by atoms with van der Waals surface area (Å²) in [5.41, 5.74) is 4.80. The molecule has 3 N–H and O–H groups in total. The number of aryl methyl sites for hydroxylation is 1. The number of anilines is 1. The molecule has 6 rings (SSSR count). The Morgan fingerprint density at radius 3 is 2.33 bits per heavy atom. The molecular weight excluding hydrogens is 412 g/mol. The average molecular weight is 447 g/mol. The van der Waals surface area contributed by atoms with Gasteiger partial charge in [-0.15, -0.1) is 0 Å². The third kappa shape index (κ3) is 3.75. The van der Waals surface area contributed by atoms with Crippen molar-refractivity contribution in [1.82, 2.24) is 4.90 Å². The van der Waals surface area contributed by atoms with Gasteiger partial charge in [0.1, 0.15) is 0 Å². The van der Waals surface area contributed by atoms with Gasteiger partial charge in [0.25, 0.3) is 0 Å². The van der Waals surface area contributed by atoms with Crippen molar-refractivity contribution in [3.05, 3.63) is 53.6 Å². The van der Waals surface area contributed by atoms with Gasteiger partial charge in [-0.2, -0.15) is 0 Å². The van der Waals surface area contributed by atoms with Crippen molar-refractivity contribution in [1.29, 1.82) is 0 Å². The molecule has 2 heterocycles. The number of rotatable bonds is 5. The van der Waals surface area contributed by atoms with Gasteiger partial charge in [0, 0.05) is 18.8 Å². The summed E-state index contributed by atoms with van der Waals surface area (Å²) in [5, 5.41) is 24.0. The molecule has 5 heteroatoms. The van der Waals surface area contributed by atoms with E-state index < -0.39 is 17.0 Å². The van der Waals surface area contributed by atoms with Gasteiger partial charge >= 0.3 is 5.97 Å². The summed E-state index contributed by atoms with van der Waals surface area (Å²) >= 11 is 0. The zero-order valence-corrected chi connectivity index (χ0v) is 19.3. The maximum atomic E-state index is 12.5. The SMILES string of the molecule is O=C(O)C1(c2ccc(-c3ccc4c(c3)NCCC4)cc2)CC2(CCN(CC3(O)CC3)CC2)C1. The van der Waals surface area contributed by atoms with E-state index >= 15 is 0 Å². The molecule has 174 valence electrons. The predicted molar refractivity (Wildman–Crippen MR) is 130 cm³/mol. The van der Waals surface area contributed by atoms with Crippen molar-refractivity contribution in [2.45, 2.75) is 62.4 Å². The third-order valence-corrected chi connectivity index (χ3v) is 8.84. The maximum absolute atomic E-state index is 12.5. The topological polar surface area (TPSA) is 72.8 Å². The van der Waals surface area contributed by atoms with E-state index in [1.807, 2.05) is 12.1 Å². The number of nitrogens with zero attached hydrogens (tertiary/aromatic N) is 1. The fourth-order valence-corrected chi connectivity index (χ4v) is 6.59. The molecule has 3 fully saturated rings. The summed E-state index contributed by atoms with van der Waals surface area (Å²) in [6.45, 7) is 3.76. The highest BCUT2D eigenvalue weighted by molar-refractivity contribution is 5.84. The number of hydrogen-bond donors (Lipinski definition) is 3. The zero-order valence-electron chi connectivity index (χ0n) is 19.3. The maximum Gasteiger partial charge on any atom is 0.314 e. The molecule has 0 radical (unpaired) electrons. The lowest BCUT2D eigenvalue weighted by Gasteiger charge is -2.57. The van der Waals surface area contributed by atoms with Gasteiger partial charge in [0.15, 0.2) is 0 Å². The van der Waals surface area contributed by atoms with E-state index in [2.05, 4.69) is 40.5 Å². The highest BCUT2D eigenvalue weighted by Gasteiger charge is 2.60. The minimum absolute atomic E-state index is 0.143. The lowest BCUT2D eigenvalue weighted by atomic mass is 9.47. The van der Waals surface area contributed by atoms with Crippen LogP contribution in [0.15, 0.2) is 42.5 Å². The van der Waals surface area contributed by atoms with E-state index in [-0.39, 0.29) is 5.41 Å². The van der Waals surface area contributed by atoms with E-state index in [0.717, 1.165) is 82.3 Å². The molecule has 1 spiro atoms. The van der Waals surface area contributed by atoms with Crippen molar-refractivity contribution in [2.24, 2.45) is 5.41 Å². The second-order valence-electron chi connectivity index (χ2n) is 11.2. The fraction of sp³-hybridized carbons (Fsp3) is 0.536. The predicted octanol–water partition coefficient (Wildman–Crippen LogP) is 4.44. The first-order valence-electron chi connectivity index (χ1n) is 12.5. The van der Waals surface area contributed by atoms with E-state index in [4.69, 9.17) is 0 Å². The molecule has 5 nitrogen and oxygen atoms in total. The minimum Gasteiger partial charge on any atom is -0.481 e. The normalized spacial score (nSPS) is 24.4. The number of carbonyl (C=O) groups is 1. The summed E-state index contributed by atoms with van der Waals surface area (Å²) in [4.78, 5) is 14.8. The molecule has 0 bridgehead atoms. The van der Waals surface area contributed by atoms with Crippen LogP contribution >= 0.6 is 0 Å². The first-order valence-corrected chi connectivity index (χ1v) is 12.5. The van der Waals surface area contributed by atoms with Crippen LogP contribution < -0.4 is 5.32 Å². The van der Waals surface area contributed by atoms with E-state index in [0.29, 0.717) is 0 Å². The van der Waals surface area contributed by atoms with Crippen LogP contribution in [0.25, 0.3) is 11.1 Å². The first-order chi connectivity index (χ1) is 15.9. The molecular formula is C28H34N2O3. The van der Waals surface area contributed by atoms with Crippen LogP contribution in [0.2, 0.25) is 0 Å². The van der Waals surface area contributed by atoms with Crippen LogP contribution in [0, 0.1) is 5.41 Å². The number of carboxylic acids is 1. The van der Waals surface area contributed by atoms with Gasteiger partial charge in [-0.1, -0.05) is 36.4 Å². The number of β-amino-alcohol motifs (C(OH)–C–C–N with tert-alkyl or cyclic N) is 1. The van der Waals surface area contributed by atoms with Gasteiger partial charge < -0.3 is 20.4 Å². The van der Waals surface area contributed by atoms with Crippen LogP contribution in [0.3, 0.4) is 0 Å². The molecule has 0 aromatic heterocycles. The molecule has 2 saturated carbocycles. The Balaban J connectivity index is 1.16. The number of aliphatic hydroxyl groups is 1. The Kier molecular flexibility index (Phi) is 4.86. The molecule has 4 aliphatic rings. The van der Waals surface area contributed by atoms with Crippen LogP contribution in [-0.2, 0) is 16.6 Å². The monoisotopic (exact) mass is 446 g/mol. The Morgan fingerprint density at radius 2 is 1.67 bits per heavy atom. The van der Waals surface area contributed by atoms with Gasteiger partial charge in [0.05, 0.1) is 11.0 Å². The van der Waals surface area contributed by atoms with E-state index in [1.54, 1.807) is 0 Å². The van der Waals surface area contributed by atoms with E-state index in [9.17, 15) is 15.0 Å². The zero-order chi connectivity index (χ0) is 22.7. The lowest BCUT2D eigenvalue weighted by molar-refractivity contribution is -0.157. The molecule has 0 unspecified atom stereocenters. The Morgan fingerprint density at radius 1 is 0.970 bits per heavy atom. The van der Waals surface area contributed by atoms with Crippen molar-refractivity contribution in [2.75, 3.05) is 31.5 Å². The first kappa shape index (κ1) is 21.2. The number of hydrogen-bond acceptors (Lipinski definition) is 4. The second kappa shape index (κ2) is 7.57. The molecule has 2 aromatic rings. The standard InChI is InChI=1S/C28H34N2O3/c31-25(32)28(17-26(18-28)11-14-30(15-12-26)19-27(33)9-10-27)23-7-5-20(6-8-23)22-4-3-21-2-1-13-29-24(21)16-22/h3-8,16,29,33H,1-2,9-15,17-19H2,(H,31,32). The average Bonchev–Trinajstić information content (AvgIpc) is 3.54.